The van der Waals surface area contributed by atoms with Crippen LogP contribution in [0.4, 0.5) is 0 Å². The molecule has 3 rings (SSSR count). The van der Waals surface area contributed by atoms with Gasteiger partial charge >= 0.3 is 5.97 Å². The second-order valence-corrected chi connectivity index (χ2v) is 6.16. The quantitative estimate of drug-likeness (QED) is 0.776. The number of carboxylic acid groups (broad SMARTS) is 1. The summed E-state index contributed by atoms with van der Waals surface area (Å²) in [5.74, 6) is 0.655. The second kappa shape index (κ2) is 5.88. The molecule has 8 heteroatoms. The Labute approximate surface area is 126 Å². The van der Waals surface area contributed by atoms with Gasteiger partial charge in [0.1, 0.15) is 5.82 Å². The van der Waals surface area contributed by atoms with E-state index in [0.717, 1.165) is 37.2 Å². The Balaban J connectivity index is 1.73. The SMILES string of the molecule is Cn1cc(CCn2c(SCC(=O)O)nnc2C2CC2)cn1. The molecule has 1 aliphatic rings. The summed E-state index contributed by atoms with van der Waals surface area (Å²) < 4.78 is 3.85. The fourth-order valence-corrected chi connectivity index (χ4v) is 2.92. The van der Waals surface area contributed by atoms with Gasteiger partial charge in [0.2, 0.25) is 0 Å². The lowest BCUT2D eigenvalue weighted by molar-refractivity contribution is -0.133. The Morgan fingerprint density at radius 3 is 2.90 bits per heavy atom. The molecule has 0 saturated heterocycles. The monoisotopic (exact) mass is 307 g/mol. The molecular weight excluding hydrogens is 290 g/mol. The molecule has 2 heterocycles. The van der Waals surface area contributed by atoms with Gasteiger partial charge in [-0.2, -0.15) is 5.10 Å². The van der Waals surface area contributed by atoms with Crippen molar-refractivity contribution in [2.24, 2.45) is 7.05 Å². The van der Waals surface area contributed by atoms with Crippen LogP contribution in [0.15, 0.2) is 17.6 Å². The van der Waals surface area contributed by atoms with Gasteiger partial charge in [-0.15, -0.1) is 10.2 Å². The third-order valence-corrected chi connectivity index (χ3v) is 4.35. The predicted octanol–water partition coefficient (Wildman–Crippen LogP) is 1.31. The van der Waals surface area contributed by atoms with Crippen LogP contribution in [0, 0.1) is 0 Å². The maximum atomic E-state index is 10.7. The van der Waals surface area contributed by atoms with Gasteiger partial charge in [-0.1, -0.05) is 11.8 Å². The molecule has 0 spiro atoms. The first-order chi connectivity index (χ1) is 10.1. The van der Waals surface area contributed by atoms with E-state index in [9.17, 15) is 4.79 Å². The van der Waals surface area contributed by atoms with Crippen LogP contribution in [0.5, 0.6) is 0 Å². The van der Waals surface area contributed by atoms with E-state index in [1.54, 1.807) is 4.68 Å². The van der Waals surface area contributed by atoms with Crippen molar-refractivity contribution >= 4 is 17.7 Å². The van der Waals surface area contributed by atoms with Crippen LogP contribution in [0.1, 0.15) is 30.1 Å². The summed E-state index contributed by atoms with van der Waals surface area (Å²) in [4.78, 5) is 10.7. The smallest absolute Gasteiger partial charge is 0.313 e. The zero-order chi connectivity index (χ0) is 14.8. The molecule has 2 aromatic rings. The van der Waals surface area contributed by atoms with Crippen LogP contribution in [-0.2, 0) is 24.8 Å². The van der Waals surface area contributed by atoms with Crippen LogP contribution >= 0.6 is 11.8 Å². The Bertz CT molecular complexity index is 647. The van der Waals surface area contributed by atoms with Crippen LogP contribution in [0.3, 0.4) is 0 Å². The zero-order valence-corrected chi connectivity index (χ0v) is 12.6. The van der Waals surface area contributed by atoms with Crippen molar-refractivity contribution in [3.63, 3.8) is 0 Å². The summed E-state index contributed by atoms with van der Waals surface area (Å²) in [5.41, 5.74) is 1.15. The minimum absolute atomic E-state index is 0.00962. The minimum Gasteiger partial charge on any atom is -0.481 e. The average molecular weight is 307 g/mol. The number of aliphatic carboxylic acids is 1. The Morgan fingerprint density at radius 2 is 2.29 bits per heavy atom. The fraction of sp³-hybridized carbons (Fsp3) is 0.538. The Kier molecular flexibility index (Phi) is 3.96. The zero-order valence-electron chi connectivity index (χ0n) is 11.8. The van der Waals surface area contributed by atoms with Crippen molar-refractivity contribution in [1.29, 1.82) is 0 Å². The lowest BCUT2D eigenvalue weighted by Gasteiger charge is -2.08. The van der Waals surface area contributed by atoms with E-state index in [0.29, 0.717) is 11.1 Å². The third kappa shape index (κ3) is 3.44. The summed E-state index contributed by atoms with van der Waals surface area (Å²) in [6.07, 6.45) is 6.98. The largest absolute Gasteiger partial charge is 0.481 e. The fourth-order valence-electron chi connectivity index (χ4n) is 2.23. The second-order valence-electron chi connectivity index (χ2n) is 5.22. The molecule has 0 radical (unpaired) electrons. The molecule has 0 aromatic carbocycles. The maximum Gasteiger partial charge on any atom is 0.313 e. The number of hydrogen-bond donors (Lipinski definition) is 1. The van der Waals surface area contributed by atoms with E-state index in [-0.39, 0.29) is 5.75 Å². The van der Waals surface area contributed by atoms with Crippen LogP contribution in [0.25, 0.3) is 0 Å². The summed E-state index contributed by atoms with van der Waals surface area (Å²) in [7, 11) is 1.89. The van der Waals surface area contributed by atoms with E-state index < -0.39 is 5.97 Å². The number of carbonyl (C=O) groups is 1. The number of aromatic nitrogens is 5. The number of aryl methyl sites for hydroxylation is 2. The van der Waals surface area contributed by atoms with Gasteiger partial charge < -0.3 is 9.67 Å². The van der Waals surface area contributed by atoms with Gasteiger partial charge in [-0.3, -0.25) is 9.48 Å². The van der Waals surface area contributed by atoms with Crippen molar-refractivity contribution in [1.82, 2.24) is 24.5 Å². The van der Waals surface area contributed by atoms with E-state index in [1.807, 2.05) is 19.4 Å². The summed E-state index contributed by atoms with van der Waals surface area (Å²) in [6.45, 7) is 0.756. The molecule has 21 heavy (non-hydrogen) atoms. The molecule has 0 bridgehead atoms. The average Bonchev–Trinajstić information content (AvgIpc) is 3.08. The van der Waals surface area contributed by atoms with Gasteiger partial charge in [0.15, 0.2) is 5.16 Å². The van der Waals surface area contributed by atoms with E-state index >= 15 is 0 Å². The Morgan fingerprint density at radius 1 is 1.48 bits per heavy atom. The van der Waals surface area contributed by atoms with Crippen LogP contribution in [0.2, 0.25) is 0 Å². The van der Waals surface area contributed by atoms with Gasteiger partial charge in [-0.05, 0) is 24.8 Å². The van der Waals surface area contributed by atoms with Crippen molar-refractivity contribution < 1.29 is 9.90 Å². The number of rotatable bonds is 7. The van der Waals surface area contributed by atoms with Crippen molar-refractivity contribution in [2.45, 2.75) is 36.9 Å². The molecule has 0 amide bonds. The maximum absolute atomic E-state index is 10.7. The highest BCUT2D eigenvalue weighted by molar-refractivity contribution is 7.99. The number of thioether (sulfide) groups is 1. The normalized spacial score (nSPS) is 14.5. The summed E-state index contributed by atoms with van der Waals surface area (Å²) in [6, 6.07) is 0. The number of nitrogens with zero attached hydrogens (tertiary/aromatic N) is 5. The molecular formula is C13H17N5O2S. The first kappa shape index (κ1) is 14.1. The highest BCUT2D eigenvalue weighted by Gasteiger charge is 2.30. The molecule has 1 fully saturated rings. The molecule has 0 aliphatic heterocycles. The predicted molar refractivity (Wildman–Crippen MR) is 77.3 cm³/mol. The molecule has 7 nitrogen and oxygen atoms in total. The topological polar surface area (TPSA) is 85.8 Å². The first-order valence-corrected chi connectivity index (χ1v) is 7.87. The minimum atomic E-state index is -0.838. The van der Waals surface area contributed by atoms with Crippen LogP contribution in [-0.4, -0.2) is 41.4 Å². The molecule has 1 N–H and O–H groups in total. The number of carboxylic acids is 1. The highest BCUT2D eigenvalue weighted by atomic mass is 32.2. The molecule has 1 aliphatic carbocycles. The van der Waals surface area contributed by atoms with Crippen molar-refractivity contribution in [2.75, 3.05) is 5.75 Å². The standard InChI is InChI=1S/C13H17N5O2S/c1-17-7-9(6-14-17)4-5-18-12(10-2-3-10)15-16-13(18)21-8-11(19)20/h6-7,10H,2-5,8H2,1H3,(H,19,20). The van der Waals surface area contributed by atoms with Gasteiger partial charge in [0.25, 0.3) is 0 Å². The summed E-state index contributed by atoms with van der Waals surface area (Å²) >= 11 is 1.23. The number of hydrogen-bond acceptors (Lipinski definition) is 5. The van der Waals surface area contributed by atoms with Gasteiger partial charge in [-0.25, -0.2) is 0 Å². The van der Waals surface area contributed by atoms with Crippen molar-refractivity contribution in [3.8, 4) is 0 Å². The van der Waals surface area contributed by atoms with Gasteiger partial charge in [0.05, 0.1) is 11.9 Å². The van der Waals surface area contributed by atoms with E-state index in [4.69, 9.17) is 5.11 Å². The Hall–Kier alpha value is -1.83. The lowest BCUT2D eigenvalue weighted by Crippen LogP contribution is -2.08. The molecule has 0 atom stereocenters. The third-order valence-electron chi connectivity index (χ3n) is 3.40. The first-order valence-electron chi connectivity index (χ1n) is 6.88. The van der Waals surface area contributed by atoms with E-state index in [1.165, 1.54) is 11.8 Å². The molecule has 1 saturated carbocycles. The van der Waals surface area contributed by atoms with Gasteiger partial charge in [0, 0.05) is 25.7 Å². The van der Waals surface area contributed by atoms with Crippen molar-refractivity contribution in [3.05, 3.63) is 23.8 Å². The lowest BCUT2D eigenvalue weighted by atomic mass is 10.2. The van der Waals surface area contributed by atoms with Crippen LogP contribution < -0.4 is 0 Å². The molecule has 2 aromatic heterocycles. The molecule has 0 unspecified atom stereocenters. The van der Waals surface area contributed by atoms with E-state index in [2.05, 4.69) is 19.9 Å². The highest BCUT2D eigenvalue weighted by Crippen LogP contribution is 2.40. The molecule has 112 valence electrons. The summed E-state index contributed by atoms with van der Waals surface area (Å²) in [5, 5.41) is 22.1.